The van der Waals surface area contributed by atoms with Crippen LogP contribution in [0.1, 0.15) is 0 Å². The topological polar surface area (TPSA) is 69.1 Å². The zero-order valence-corrected chi connectivity index (χ0v) is 11.6. The molecule has 96 valence electrons. The molecular formula is C12H10ClN5S. The van der Waals surface area contributed by atoms with E-state index in [2.05, 4.69) is 15.1 Å². The van der Waals surface area contributed by atoms with Gasteiger partial charge in [0.15, 0.2) is 0 Å². The van der Waals surface area contributed by atoms with Crippen LogP contribution in [0.4, 0.5) is 5.82 Å². The van der Waals surface area contributed by atoms with Crippen molar-refractivity contribution in [3.63, 3.8) is 0 Å². The first-order valence-electron chi connectivity index (χ1n) is 5.50. The maximum Gasteiger partial charge on any atom is 0.255 e. The largest absolute Gasteiger partial charge is 0.383 e. The van der Waals surface area contributed by atoms with Crippen molar-refractivity contribution < 1.29 is 0 Å². The van der Waals surface area contributed by atoms with Crippen LogP contribution in [0.5, 0.6) is 0 Å². The SMILES string of the molecule is CSc1nc2ncc(-c3ccc(Cl)cc3)c(N)n2n1. The number of benzene rings is 1. The summed E-state index contributed by atoms with van der Waals surface area (Å²) < 4.78 is 1.55. The van der Waals surface area contributed by atoms with Gasteiger partial charge in [0.05, 0.1) is 0 Å². The highest BCUT2D eigenvalue weighted by atomic mass is 35.5. The van der Waals surface area contributed by atoms with Gasteiger partial charge >= 0.3 is 0 Å². The summed E-state index contributed by atoms with van der Waals surface area (Å²) in [5.41, 5.74) is 7.88. The maximum absolute atomic E-state index is 6.14. The quantitative estimate of drug-likeness (QED) is 0.735. The lowest BCUT2D eigenvalue weighted by molar-refractivity contribution is 0.891. The molecule has 0 aliphatic rings. The Hall–Kier alpha value is -1.79. The summed E-state index contributed by atoms with van der Waals surface area (Å²) in [4.78, 5) is 8.52. The second kappa shape index (κ2) is 4.71. The van der Waals surface area contributed by atoms with Crippen LogP contribution in [-0.2, 0) is 0 Å². The van der Waals surface area contributed by atoms with Crippen LogP contribution in [0.3, 0.4) is 0 Å². The molecule has 2 N–H and O–H groups in total. The Labute approximate surface area is 118 Å². The summed E-state index contributed by atoms with van der Waals surface area (Å²) in [7, 11) is 0. The molecule has 0 amide bonds. The van der Waals surface area contributed by atoms with Crippen molar-refractivity contribution in [2.45, 2.75) is 5.16 Å². The fourth-order valence-electron chi connectivity index (χ4n) is 1.77. The minimum atomic E-state index is 0.500. The van der Waals surface area contributed by atoms with E-state index in [9.17, 15) is 0 Å². The molecular weight excluding hydrogens is 282 g/mol. The second-order valence-electron chi connectivity index (χ2n) is 3.87. The van der Waals surface area contributed by atoms with E-state index in [1.165, 1.54) is 11.8 Å². The average molecular weight is 292 g/mol. The number of nitrogens with two attached hydrogens (primary N) is 1. The predicted octanol–water partition coefficient (Wildman–Crippen LogP) is 2.75. The molecule has 2 aromatic heterocycles. The zero-order valence-electron chi connectivity index (χ0n) is 10.0. The van der Waals surface area contributed by atoms with E-state index in [4.69, 9.17) is 17.3 Å². The standard InChI is InChI=1S/C12H10ClN5S/c1-19-12-16-11-15-6-9(10(14)18(11)17-12)7-2-4-8(13)5-3-7/h2-6H,14H2,1H3. The third kappa shape index (κ3) is 2.13. The number of rotatable bonds is 2. The fourth-order valence-corrected chi connectivity index (χ4v) is 2.23. The predicted molar refractivity (Wildman–Crippen MR) is 77.4 cm³/mol. The second-order valence-corrected chi connectivity index (χ2v) is 5.08. The van der Waals surface area contributed by atoms with Crippen molar-refractivity contribution in [1.29, 1.82) is 0 Å². The molecule has 0 bridgehead atoms. The summed E-state index contributed by atoms with van der Waals surface area (Å²) in [6, 6.07) is 7.42. The number of fused-ring (bicyclic) bond motifs is 1. The lowest BCUT2D eigenvalue weighted by atomic mass is 10.1. The minimum absolute atomic E-state index is 0.500. The lowest BCUT2D eigenvalue weighted by Gasteiger charge is -2.06. The van der Waals surface area contributed by atoms with Crippen molar-refractivity contribution >= 4 is 35.0 Å². The molecule has 0 aliphatic heterocycles. The molecule has 0 fully saturated rings. The van der Waals surface area contributed by atoms with E-state index in [1.807, 2.05) is 30.5 Å². The number of halogens is 1. The number of nitrogens with zero attached hydrogens (tertiary/aromatic N) is 4. The summed E-state index contributed by atoms with van der Waals surface area (Å²) >= 11 is 7.33. The van der Waals surface area contributed by atoms with Gasteiger partial charge in [-0.1, -0.05) is 35.5 Å². The maximum atomic E-state index is 6.14. The Morgan fingerprint density at radius 1 is 1.26 bits per heavy atom. The molecule has 0 saturated heterocycles. The minimum Gasteiger partial charge on any atom is -0.383 e. The smallest absolute Gasteiger partial charge is 0.255 e. The van der Waals surface area contributed by atoms with Gasteiger partial charge in [-0.3, -0.25) is 0 Å². The number of hydrogen-bond donors (Lipinski definition) is 1. The van der Waals surface area contributed by atoms with Crippen LogP contribution < -0.4 is 5.73 Å². The Kier molecular flexibility index (Phi) is 3.04. The van der Waals surface area contributed by atoms with Gasteiger partial charge in [0, 0.05) is 16.8 Å². The molecule has 2 heterocycles. The van der Waals surface area contributed by atoms with Crippen LogP contribution in [0.2, 0.25) is 5.02 Å². The summed E-state index contributed by atoms with van der Waals surface area (Å²) in [6.45, 7) is 0. The molecule has 0 atom stereocenters. The van der Waals surface area contributed by atoms with E-state index in [-0.39, 0.29) is 0 Å². The van der Waals surface area contributed by atoms with Gasteiger partial charge < -0.3 is 5.73 Å². The third-order valence-electron chi connectivity index (χ3n) is 2.72. The highest BCUT2D eigenvalue weighted by molar-refractivity contribution is 7.98. The molecule has 3 aromatic rings. The van der Waals surface area contributed by atoms with Crippen LogP contribution in [0.15, 0.2) is 35.6 Å². The molecule has 3 rings (SSSR count). The number of nitrogen functional groups attached to an aromatic ring is 1. The van der Waals surface area contributed by atoms with Gasteiger partial charge in [0.1, 0.15) is 5.82 Å². The van der Waals surface area contributed by atoms with E-state index < -0.39 is 0 Å². The van der Waals surface area contributed by atoms with Crippen molar-refractivity contribution in [1.82, 2.24) is 19.6 Å². The van der Waals surface area contributed by atoms with Crippen molar-refractivity contribution in [2.24, 2.45) is 0 Å². The van der Waals surface area contributed by atoms with Gasteiger partial charge in [-0.05, 0) is 24.0 Å². The van der Waals surface area contributed by atoms with Crippen LogP contribution >= 0.6 is 23.4 Å². The van der Waals surface area contributed by atoms with Gasteiger partial charge in [-0.15, -0.1) is 5.10 Å². The first-order valence-corrected chi connectivity index (χ1v) is 7.10. The summed E-state index contributed by atoms with van der Waals surface area (Å²) in [6.07, 6.45) is 3.61. The lowest BCUT2D eigenvalue weighted by Crippen LogP contribution is -2.02. The first-order chi connectivity index (χ1) is 9.19. The van der Waals surface area contributed by atoms with Crippen molar-refractivity contribution in [3.05, 3.63) is 35.5 Å². The molecule has 5 nitrogen and oxygen atoms in total. The van der Waals surface area contributed by atoms with E-state index in [0.717, 1.165) is 11.1 Å². The fraction of sp³-hybridized carbons (Fsp3) is 0.0833. The molecule has 1 aromatic carbocycles. The van der Waals surface area contributed by atoms with Crippen LogP contribution in [0.25, 0.3) is 16.9 Å². The van der Waals surface area contributed by atoms with Gasteiger partial charge in [-0.25, -0.2) is 4.98 Å². The summed E-state index contributed by atoms with van der Waals surface area (Å²) in [5.74, 6) is 1.01. The monoisotopic (exact) mass is 291 g/mol. The highest BCUT2D eigenvalue weighted by Gasteiger charge is 2.11. The molecule has 7 heteroatoms. The van der Waals surface area contributed by atoms with Crippen LogP contribution in [0, 0.1) is 0 Å². The van der Waals surface area contributed by atoms with Crippen LogP contribution in [-0.4, -0.2) is 25.8 Å². The molecule has 0 unspecified atom stereocenters. The van der Waals surface area contributed by atoms with Crippen molar-refractivity contribution in [2.75, 3.05) is 12.0 Å². The van der Waals surface area contributed by atoms with E-state index >= 15 is 0 Å². The van der Waals surface area contributed by atoms with Gasteiger partial charge in [0.2, 0.25) is 5.16 Å². The van der Waals surface area contributed by atoms with E-state index in [1.54, 1.807) is 10.7 Å². The number of hydrogen-bond acceptors (Lipinski definition) is 5. The van der Waals surface area contributed by atoms with Crippen molar-refractivity contribution in [3.8, 4) is 11.1 Å². The third-order valence-corrected chi connectivity index (χ3v) is 3.51. The summed E-state index contributed by atoms with van der Waals surface area (Å²) in [5, 5.41) is 5.62. The average Bonchev–Trinajstić information content (AvgIpc) is 2.85. The first kappa shape index (κ1) is 12.3. The molecule has 19 heavy (non-hydrogen) atoms. The Balaban J connectivity index is 2.19. The number of anilines is 1. The Morgan fingerprint density at radius 3 is 2.68 bits per heavy atom. The normalized spacial score (nSPS) is 11.1. The number of aromatic nitrogens is 4. The van der Waals surface area contributed by atoms with Gasteiger partial charge in [0.25, 0.3) is 5.78 Å². The van der Waals surface area contributed by atoms with E-state index in [0.29, 0.717) is 21.8 Å². The molecule has 0 saturated carbocycles. The molecule has 0 spiro atoms. The molecule has 0 aliphatic carbocycles. The Bertz CT molecular complexity index is 738. The molecule has 0 radical (unpaired) electrons. The van der Waals surface area contributed by atoms with Gasteiger partial charge in [-0.2, -0.15) is 9.50 Å². The zero-order chi connectivity index (χ0) is 13.4. The Morgan fingerprint density at radius 2 is 2.00 bits per heavy atom. The highest BCUT2D eigenvalue weighted by Crippen LogP contribution is 2.26. The number of thioether (sulfide) groups is 1.